The maximum atomic E-state index is 11.8. The Labute approximate surface area is 114 Å². The average Bonchev–Trinajstić information content (AvgIpc) is 2.89. The minimum Gasteiger partial charge on any atom is -0.316 e. The molecule has 2 heterocycles. The summed E-state index contributed by atoms with van der Waals surface area (Å²) in [6.45, 7) is 0. The van der Waals surface area contributed by atoms with E-state index in [1.807, 2.05) is 25.2 Å². The SMILES string of the molecule is CN1C(=O)C(N)c2ccc(Sc3ncnn3C)cc21. The Morgan fingerprint density at radius 1 is 1.37 bits per heavy atom. The number of carbonyl (C=O) groups is 1. The van der Waals surface area contributed by atoms with Crippen LogP contribution in [0.2, 0.25) is 0 Å². The smallest absolute Gasteiger partial charge is 0.248 e. The van der Waals surface area contributed by atoms with Gasteiger partial charge in [0.05, 0.1) is 0 Å². The van der Waals surface area contributed by atoms with Gasteiger partial charge in [-0.1, -0.05) is 17.8 Å². The number of nitrogens with zero attached hydrogens (tertiary/aromatic N) is 4. The summed E-state index contributed by atoms with van der Waals surface area (Å²) in [6.07, 6.45) is 1.52. The topological polar surface area (TPSA) is 77.0 Å². The highest BCUT2D eigenvalue weighted by Gasteiger charge is 2.32. The number of hydrogen-bond donors (Lipinski definition) is 1. The monoisotopic (exact) mass is 275 g/mol. The zero-order valence-electron chi connectivity index (χ0n) is 10.6. The largest absolute Gasteiger partial charge is 0.316 e. The zero-order valence-corrected chi connectivity index (χ0v) is 11.4. The molecule has 3 rings (SSSR count). The molecule has 0 saturated heterocycles. The molecule has 0 spiro atoms. The molecule has 0 radical (unpaired) electrons. The summed E-state index contributed by atoms with van der Waals surface area (Å²) in [5, 5.41) is 4.83. The summed E-state index contributed by atoms with van der Waals surface area (Å²) >= 11 is 1.50. The Hall–Kier alpha value is -1.86. The van der Waals surface area contributed by atoms with E-state index in [0.29, 0.717) is 0 Å². The number of rotatable bonds is 2. The standard InChI is InChI=1S/C12H13N5OS/c1-16-9-5-7(19-12-14-6-15-17(12)2)3-4-8(9)10(13)11(16)18/h3-6,10H,13H2,1-2H3. The molecule has 1 aliphatic heterocycles. The van der Waals surface area contributed by atoms with Gasteiger partial charge < -0.3 is 10.6 Å². The van der Waals surface area contributed by atoms with E-state index in [4.69, 9.17) is 5.73 Å². The van der Waals surface area contributed by atoms with E-state index in [-0.39, 0.29) is 5.91 Å². The van der Waals surface area contributed by atoms with E-state index in [2.05, 4.69) is 10.1 Å². The van der Waals surface area contributed by atoms with Crippen LogP contribution in [0.25, 0.3) is 0 Å². The van der Waals surface area contributed by atoms with E-state index in [1.165, 1.54) is 18.1 Å². The first kappa shape index (κ1) is 12.2. The molecule has 1 aromatic heterocycles. The molecule has 1 aromatic carbocycles. The van der Waals surface area contributed by atoms with Gasteiger partial charge in [-0.05, 0) is 12.1 Å². The van der Waals surface area contributed by atoms with Crippen molar-refractivity contribution in [3.63, 3.8) is 0 Å². The number of amides is 1. The van der Waals surface area contributed by atoms with Crippen molar-refractivity contribution in [1.29, 1.82) is 0 Å². The van der Waals surface area contributed by atoms with Gasteiger partial charge in [0.1, 0.15) is 12.4 Å². The third kappa shape index (κ3) is 1.91. The minimum atomic E-state index is -0.547. The van der Waals surface area contributed by atoms with Crippen LogP contribution in [0.1, 0.15) is 11.6 Å². The average molecular weight is 275 g/mol. The highest BCUT2D eigenvalue weighted by Crippen LogP contribution is 2.37. The first-order valence-electron chi connectivity index (χ1n) is 5.77. The molecule has 1 unspecified atom stereocenters. The van der Waals surface area contributed by atoms with Crippen molar-refractivity contribution in [2.45, 2.75) is 16.1 Å². The predicted molar refractivity (Wildman–Crippen MR) is 71.9 cm³/mol. The van der Waals surface area contributed by atoms with Crippen molar-refractivity contribution >= 4 is 23.4 Å². The van der Waals surface area contributed by atoms with Crippen LogP contribution in [0.4, 0.5) is 5.69 Å². The second kappa shape index (κ2) is 4.36. The molecule has 0 aliphatic carbocycles. The summed E-state index contributed by atoms with van der Waals surface area (Å²) in [5.74, 6) is -0.0733. The van der Waals surface area contributed by atoms with Crippen LogP contribution in [0.3, 0.4) is 0 Å². The molecule has 0 fully saturated rings. The number of anilines is 1. The van der Waals surface area contributed by atoms with Gasteiger partial charge >= 0.3 is 0 Å². The van der Waals surface area contributed by atoms with Gasteiger partial charge in [0, 0.05) is 30.2 Å². The van der Waals surface area contributed by atoms with Gasteiger partial charge in [-0.3, -0.25) is 4.79 Å². The summed E-state index contributed by atoms with van der Waals surface area (Å²) in [7, 11) is 3.58. The molecule has 1 aliphatic rings. The fourth-order valence-electron chi connectivity index (χ4n) is 2.08. The molecule has 1 atom stereocenters. The molecule has 6 nitrogen and oxygen atoms in total. The molecule has 1 amide bonds. The number of nitrogens with two attached hydrogens (primary N) is 1. The lowest BCUT2D eigenvalue weighted by Crippen LogP contribution is -2.27. The first-order valence-corrected chi connectivity index (χ1v) is 6.58. The van der Waals surface area contributed by atoms with Crippen molar-refractivity contribution in [3.05, 3.63) is 30.1 Å². The van der Waals surface area contributed by atoms with Crippen molar-refractivity contribution in [3.8, 4) is 0 Å². The number of aryl methyl sites for hydroxylation is 1. The number of benzene rings is 1. The van der Waals surface area contributed by atoms with E-state index in [0.717, 1.165) is 21.3 Å². The Kier molecular flexibility index (Phi) is 2.79. The zero-order chi connectivity index (χ0) is 13.6. The third-order valence-corrected chi connectivity index (χ3v) is 4.22. The lowest BCUT2D eigenvalue weighted by Gasteiger charge is -2.10. The van der Waals surface area contributed by atoms with Crippen molar-refractivity contribution in [2.24, 2.45) is 12.8 Å². The van der Waals surface area contributed by atoms with Gasteiger partial charge in [0.15, 0.2) is 5.16 Å². The summed E-state index contributed by atoms with van der Waals surface area (Å²) in [6, 6.07) is 5.26. The van der Waals surface area contributed by atoms with E-state index >= 15 is 0 Å². The summed E-state index contributed by atoms with van der Waals surface area (Å²) < 4.78 is 1.71. The molecular formula is C12H13N5OS. The van der Waals surface area contributed by atoms with Gasteiger partial charge in [0.25, 0.3) is 0 Å². The van der Waals surface area contributed by atoms with Crippen molar-refractivity contribution in [1.82, 2.24) is 14.8 Å². The van der Waals surface area contributed by atoms with Crippen LogP contribution in [0, 0.1) is 0 Å². The molecule has 0 bridgehead atoms. The second-order valence-corrected chi connectivity index (χ2v) is 5.40. The Bertz CT molecular complexity index is 653. The number of fused-ring (bicyclic) bond motifs is 1. The molecule has 7 heteroatoms. The van der Waals surface area contributed by atoms with Gasteiger partial charge in [-0.15, -0.1) is 0 Å². The van der Waals surface area contributed by atoms with Gasteiger partial charge in [-0.2, -0.15) is 5.10 Å². The quantitative estimate of drug-likeness (QED) is 0.882. The number of carbonyl (C=O) groups excluding carboxylic acids is 1. The normalized spacial score (nSPS) is 17.9. The Morgan fingerprint density at radius 2 is 2.16 bits per heavy atom. The maximum Gasteiger partial charge on any atom is 0.248 e. The fourth-order valence-corrected chi connectivity index (χ4v) is 2.88. The van der Waals surface area contributed by atoms with E-state index in [9.17, 15) is 4.79 Å². The minimum absolute atomic E-state index is 0.0733. The summed E-state index contributed by atoms with van der Waals surface area (Å²) in [4.78, 5) is 18.6. The molecule has 2 aromatic rings. The molecule has 98 valence electrons. The number of aromatic nitrogens is 3. The third-order valence-electron chi connectivity index (χ3n) is 3.17. The molecule has 2 N–H and O–H groups in total. The molecule has 0 saturated carbocycles. The van der Waals surface area contributed by atoms with Gasteiger partial charge in [0.2, 0.25) is 5.91 Å². The van der Waals surface area contributed by atoms with Crippen LogP contribution in [-0.4, -0.2) is 27.7 Å². The number of likely N-dealkylation sites (N-methyl/N-ethyl adjacent to an activating group) is 1. The van der Waals surface area contributed by atoms with Crippen LogP contribution >= 0.6 is 11.8 Å². The highest BCUT2D eigenvalue weighted by molar-refractivity contribution is 7.99. The van der Waals surface area contributed by atoms with E-state index in [1.54, 1.807) is 16.6 Å². The number of hydrogen-bond acceptors (Lipinski definition) is 5. The van der Waals surface area contributed by atoms with Gasteiger partial charge in [-0.25, -0.2) is 9.67 Å². The fraction of sp³-hybridized carbons (Fsp3) is 0.250. The maximum absolute atomic E-state index is 11.8. The van der Waals surface area contributed by atoms with Crippen LogP contribution in [0.15, 0.2) is 34.6 Å². The highest BCUT2D eigenvalue weighted by atomic mass is 32.2. The lowest BCUT2D eigenvalue weighted by molar-refractivity contribution is -0.118. The van der Waals surface area contributed by atoms with Crippen LogP contribution in [0.5, 0.6) is 0 Å². The first-order chi connectivity index (χ1) is 9.08. The molecule has 19 heavy (non-hydrogen) atoms. The Morgan fingerprint density at radius 3 is 2.84 bits per heavy atom. The Balaban J connectivity index is 1.95. The summed E-state index contributed by atoms with van der Waals surface area (Å²) in [5.41, 5.74) is 7.60. The van der Waals surface area contributed by atoms with Crippen molar-refractivity contribution < 1.29 is 4.79 Å². The van der Waals surface area contributed by atoms with Crippen LogP contribution < -0.4 is 10.6 Å². The predicted octanol–water partition coefficient (Wildman–Crippen LogP) is 0.942. The van der Waals surface area contributed by atoms with E-state index < -0.39 is 6.04 Å². The second-order valence-electron chi connectivity index (χ2n) is 4.36. The van der Waals surface area contributed by atoms with Crippen molar-refractivity contribution in [2.75, 3.05) is 11.9 Å². The molecular weight excluding hydrogens is 262 g/mol. The lowest BCUT2D eigenvalue weighted by atomic mass is 10.1. The van der Waals surface area contributed by atoms with Crippen LogP contribution in [-0.2, 0) is 11.8 Å².